The highest BCUT2D eigenvalue weighted by Gasteiger charge is 2.37. The number of nitrogens with zero attached hydrogens (tertiary/aromatic N) is 7. The van der Waals surface area contributed by atoms with Crippen molar-refractivity contribution in [2.45, 2.75) is 110 Å². The van der Waals surface area contributed by atoms with Crippen LogP contribution in [0, 0.1) is 0 Å². The van der Waals surface area contributed by atoms with Crippen LogP contribution >= 0.6 is 0 Å². The number of H-pyrrole nitrogens is 1. The van der Waals surface area contributed by atoms with Crippen molar-refractivity contribution in [1.29, 1.82) is 0 Å². The van der Waals surface area contributed by atoms with Crippen LogP contribution in [0.25, 0.3) is 45.3 Å². The van der Waals surface area contributed by atoms with E-state index in [1.807, 2.05) is 0 Å². The van der Waals surface area contributed by atoms with Crippen LogP contribution in [0.4, 0.5) is 26.3 Å². The summed E-state index contributed by atoms with van der Waals surface area (Å²) in [4.78, 5) is 51.1. The summed E-state index contributed by atoms with van der Waals surface area (Å²) in [5.74, 6) is -1.13. The number of nitrogens with one attached hydrogen (secondary N) is 1. The highest BCUT2D eigenvalue weighted by molar-refractivity contribution is 6.76. The molecule has 2 N–H and O–H groups in total. The molecule has 0 spiro atoms. The minimum Gasteiger partial charge on any atom is -0.481 e. The number of ether oxygens (including phenoxy) is 2. The number of alkyl halides is 6. The fourth-order valence-electron chi connectivity index (χ4n) is 5.84. The number of aromatic amines is 1. The minimum absolute atomic E-state index is 0.0228. The van der Waals surface area contributed by atoms with E-state index in [9.17, 15) is 41.0 Å². The number of carbonyl (C=O) groups excluding carboxylic acids is 1. The first-order valence-corrected chi connectivity index (χ1v) is 24.3. The van der Waals surface area contributed by atoms with Crippen molar-refractivity contribution in [1.82, 2.24) is 39.5 Å². The standard InChI is InChI=1S/C28H37F3N4O3Si.C18H15F3N4O2/c1-26(2,3)38-25(36)27(4,5)22-16-32-21(15-33-22)19-9-11-20(12-10-19)24-34-23(28(29,30)31)17-35(24)18-37-13-14-39(6,7)8;1-17(2,16(26)27)13-8-22-12(7-23-13)10-3-5-11(6-4-10)15-24-9-14(25-15)18(19,20)21/h9-12,15-17H,13-14,18H2,1-8H3;3-9H,1-2H3,(H,24,25)(H,26,27). The average Bonchev–Trinajstić information content (AvgIpc) is 3.91. The summed E-state index contributed by atoms with van der Waals surface area (Å²) >= 11 is 0. The van der Waals surface area contributed by atoms with Crippen LogP contribution in [-0.2, 0) is 49.0 Å². The van der Waals surface area contributed by atoms with E-state index >= 15 is 0 Å². The fraction of sp³-hybridized carbons (Fsp3) is 0.391. The maximum absolute atomic E-state index is 13.4. The van der Waals surface area contributed by atoms with Crippen molar-refractivity contribution in [2.75, 3.05) is 6.61 Å². The van der Waals surface area contributed by atoms with Gasteiger partial charge in [-0.2, -0.15) is 26.3 Å². The molecule has 0 aliphatic rings. The summed E-state index contributed by atoms with van der Waals surface area (Å²) in [5.41, 5.74) is -0.392. The number of rotatable bonds is 13. The number of carboxylic acid groups (broad SMARTS) is 1. The SMILES string of the molecule is CC(C)(C(=O)O)c1cnc(-c2ccc(-c3ncc(C(F)(F)F)[nH]3)cc2)cn1.CC(C)(C)OC(=O)C(C)(C)c1cnc(-c2ccc(-c3nc(C(F)(F)F)cn3COCC[Si](C)(C)C)cc2)cn1. The van der Waals surface area contributed by atoms with Crippen LogP contribution in [0.2, 0.25) is 25.7 Å². The van der Waals surface area contributed by atoms with Gasteiger partial charge in [0.15, 0.2) is 5.69 Å². The smallest absolute Gasteiger partial charge is 0.434 e. The lowest BCUT2D eigenvalue weighted by Crippen LogP contribution is -2.37. The lowest BCUT2D eigenvalue weighted by molar-refractivity contribution is -0.161. The third-order valence-corrected chi connectivity index (χ3v) is 11.8. The molecule has 0 saturated heterocycles. The van der Waals surface area contributed by atoms with Gasteiger partial charge in [0.05, 0.1) is 53.8 Å². The van der Waals surface area contributed by atoms with Crippen LogP contribution in [0.3, 0.4) is 0 Å². The molecule has 4 heterocycles. The predicted octanol–water partition coefficient (Wildman–Crippen LogP) is 10.9. The van der Waals surface area contributed by atoms with Gasteiger partial charge < -0.3 is 24.1 Å². The van der Waals surface area contributed by atoms with Crippen LogP contribution < -0.4 is 0 Å². The first-order chi connectivity index (χ1) is 30.5. The summed E-state index contributed by atoms with van der Waals surface area (Å²) in [5, 5.41) is 9.22. The fourth-order valence-corrected chi connectivity index (χ4v) is 6.60. The van der Waals surface area contributed by atoms with Gasteiger partial charge in [-0.3, -0.25) is 29.5 Å². The zero-order chi connectivity index (χ0) is 49.0. The Morgan fingerprint density at radius 1 is 0.652 bits per heavy atom. The number of aromatic nitrogens is 8. The van der Waals surface area contributed by atoms with E-state index in [0.717, 1.165) is 18.4 Å². The average molecular weight is 939 g/mol. The summed E-state index contributed by atoms with van der Waals surface area (Å²) in [7, 11) is -1.33. The molecular formula is C46H52F6N8O5Si. The molecule has 0 bridgehead atoms. The number of hydrogen-bond acceptors (Lipinski definition) is 10. The summed E-state index contributed by atoms with van der Waals surface area (Å²) in [6.07, 6.45) is -1.36. The largest absolute Gasteiger partial charge is 0.481 e. The Morgan fingerprint density at radius 3 is 1.58 bits per heavy atom. The minimum atomic E-state index is -4.57. The lowest BCUT2D eigenvalue weighted by atomic mass is 9.89. The van der Waals surface area contributed by atoms with E-state index in [-0.39, 0.29) is 18.4 Å². The van der Waals surface area contributed by atoms with Crippen molar-refractivity contribution in [3.63, 3.8) is 0 Å². The van der Waals surface area contributed by atoms with Crippen LogP contribution in [0.5, 0.6) is 0 Å². The van der Waals surface area contributed by atoms with E-state index in [4.69, 9.17) is 9.47 Å². The van der Waals surface area contributed by atoms with Gasteiger partial charge in [-0.1, -0.05) is 68.2 Å². The third kappa shape index (κ3) is 13.0. The molecule has 0 radical (unpaired) electrons. The molecule has 0 aliphatic carbocycles. The highest BCUT2D eigenvalue weighted by Crippen LogP contribution is 2.33. The molecule has 66 heavy (non-hydrogen) atoms. The number of hydrogen-bond donors (Lipinski definition) is 2. The molecule has 6 rings (SSSR count). The normalized spacial score (nSPS) is 12.7. The number of imidazole rings is 2. The van der Waals surface area contributed by atoms with Crippen LogP contribution in [-0.4, -0.2) is 76.8 Å². The Labute approximate surface area is 379 Å². The monoisotopic (exact) mass is 938 g/mol. The van der Waals surface area contributed by atoms with Gasteiger partial charge in [-0.15, -0.1) is 0 Å². The summed E-state index contributed by atoms with van der Waals surface area (Å²) in [6.45, 7) is 19.0. The number of halogens is 6. The van der Waals surface area contributed by atoms with Crippen molar-refractivity contribution < 1.29 is 50.5 Å². The molecule has 6 aromatic rings. The Kier molecular flexibility index (Phi) is 14.8. The van der Waals surface area contributed by atoms with Crippen molar-refractivity contribution >= 4 is 20.0 Å². The predicted molar refractivity (Wildman–Crippen MR) is 237 cm³/mol. The van der Waals surface area contributed by atoms with E-state index in [1.165, 1.54) is 37.0 Å². The quantitative estimate of drug-likeness (QED) is 0.0489. The molecule has 13 nitrogen and oxygen atoms in total. The number of esters is 1. The van der Waals surface area contributed by atoms with Gasteiger partial charge in [-0.05, 0) is 54.5 Å². The van der Waals surface area contributed by atoms with E-state index in [0.29, 0.717) is 51.6 Å². The van der Waals surface area contributed by atoms with Gasteiger partial charge in [0, 0.05) is 43.1 Å². The number of benzene rings is 2. The Morgan fingerprint density at radius 2 is 1.15 bits per heavy atom. The molecular weight excluding hydrogens is 887 g/mol. The molecule has 20 heteroatoms. The maximum Gasteiger partial charge on any atom is 0.434 e. The maximum atomic E-state index is 13.4. The highest BCUT2D eigenvalue weighted by atomic mass is 28.3. The third-order valence-electron chi connectivity index (χ3n) is 10.1. The Balaban J connectivity index is 0.000000264. The number of aliphatic carboxylic acids is 1. The number of carboxylic acids is 1. The van der Waals surface area contributed by atoms with Gasteiger partial charge in [0.1, 0.15) is 40.5 Å². The Hall–Kier alpha value is -6.28. The van der Waals surface area contributed by atoms with Gasteiger partial charge in [0.25, 0.3) is 0 Å². The molecule has 0 unspecified atom stereocenters. The second-order valence-electron chi connectivity index (χ2n) is 18.7. The van der Waals surface area contributed by atoms with Gasteiger partial charge >= 0.3 is 24.3 Å². The molecule has 352 valence electrons. The molecule has 0 aliphatic heterocycles. The topological polar surface area (TPSA) is 171 Å². The zero-order valence-corrected chi connectivity index (χ0v) is 39.2. The second kappa shape index (κ2) is 19.3. The lowest BCUT2D eigenvalue weighted by Gasteiger charge is -2.27. The molecule has 4 aromatic heterocycles. The first-order valence-electron chi connectivity index (χ1n) is 20.6. The van der Waals surface area contributed by atoms with Crippen LogP contribution in [0.1, 0.15) is 71.2 Å². The first kappa shape index (κ1) is 50.7. The summed E-state index contributed by atoms with van der Waals surface area (Å²) in [6, 6.07) is 14.4. The summed E-state index contributed by atoms with van der Waals surface area (Å²) < 4.78 is 90.8. The van der Waals surface area contributed by atoms with Crippen molar-refractivity contribution in [3.05, 3.63) is 108 Å². The van der Waals surface area contributed by atoms with E-state index in [1.54, 1.807) is 89.3 Å². The van der Waals surface area contributed by atoms with Crippen molar-refractivity contribution in [2.24, 2.45) is 0 Å². The van der Waals surface area contributed by atoms with Crippen molar-refractivity contribution in [3.8, 4) is 45.3 Å². The van der Waals surface area contributed by atoms with Crippen LogP contribution in [0.15, 0.2) is 85.7 Å². The van der Waals surface area contributed by atoms with E-state index < -0.39 is 60.2 Å². The molecule has 0 saturated carbocycles. The van der Waals surface area contributed by atoms with Gasteiger partial charge in [-0.25, -0.2) is 9.97 Å². The van der Waals surface area contributed by atoms with E-state index in [2.05, 4.69) is 54.5 Å². The molecule has 0 fully saturated rings. The van der Waals surface area contributed by atoms with Gasteiger partial charge in [0.2, 0.25) is 0 Å². The second-order valence-corrected chi connectivity index (χ2v) is 24.3. The molecule has 0 atom stereocenters. The zero-order valence-electron chi connectivity index (χ0n) is 38.2. The molecule has 2 aromatic carbocycles. The number of carbonyl (C=O) groups is 2. The molecule has 0 amide bonds. The Bertz CT molecular complexity index is 2600.